The Balaban J connectivity index is 1.58. The molecule has 0 amide bonds. The molecule has 0 aliphatic carbocycles. The number of nitriles is 1. The molecular weight excluding hydrogens is 426 g/mol. The number of nitrogens with zero attached hydrogens (tertiary/aromatic N) is 3. The Hall–Kier alpha value is -2.45. The van der Waals surface area contributed by atoms with Crippen LogP contribution in [-0.4, -0.2) is 71.6 Å². The highest BCUT2D eigenvalue weighted by Gasteiger charge is 2.29. The van der Waals surface area contributed by atoms with Gasteiger partial charge in [-0.3, -0.25) is 4.90 Å². The number of hydrogen-bond donors (Lipinski definition) is 0. The molecule has 0 saturated carbocycles. The van der Waals surface area contributed by atoms with Crippen molar-refractivity contribution in [1.82, 2.24) is 9.21 Å². The summed E-state index contributed by atoms with van der Waals surface area (Å²) in [6, 6.07) is 14.1. The lowest BCUT2D eigenvalue weighted by Crippen LogP contribution is -2.49. The number of methoxy groups -OCH3 is 1. The zero-order chi connectivity index (χ0) is 21.8. The van der Waals surface area contributed by atoms with Gasteiger partial charge in [0.15, 0.2) is 9.84 Å². The second kappa shape index (κ2) is 9.14. The maximum Gasteiger partial charge on any atom is 0.243 e. The van der Waals surface area contributed by atoms with Crippen LogP contribution in [0.2, 0.25) is 0 Å². The number of sulfonamides is 1. The van der Waals surface area contributed by atoms with Gasteiger partial charge in [0, 0.05) is 32.7 Å². The van der Waals surface area contributed by atoms with E-state index in [-0.39, 0.29) is 28.6 Å². The Bertz CT molecular complexity index is 1130. The summed E-state index contributed by atoms with van der Waals surface area (Å²) < 4.78 is 57.2. The Morgan fingerprint density at radius 3 is 2.23 bits per heavy atom. The van der Waals surface area contributed by atoms with Gasteiger partial charge in [0.1, 0.15) is 5.75 Å². The highest BCUT2D eigenvalue weighted by Crippen LogP contribution is 2.20. The third-order valence-corrected chi connectivity index (χ3v) is 8.63. The summed E-state index contributed by atoms with van der Waals surface area (Å²) in [5.74, 6) is 0.431. The third-order valence-electron chi connectivity index (χ3n) is 5.03. The van der Waals surface area contributed by atoms with E-state index < -0.39 is 19.9 Å². The van der Waals surface area contributed by atoms with Gasteiger partial charge in [-0.15, -0.1) is 0 Å². The number of benzene rings is 2. The van der Waals surface area contributed by atoms with E-state index in [1.165, 1.54) is 41.7 Å². The van der Waals surface area contributed by atoms with E-state index in [0.29, 0.717) is 30.9 Å². The lowest BCUT2D eigenvalue weighted by atomic mass is 10.2. The van der Waals surface area contributed by atoms with Crippen LogP contribution >= 0.6 is 0 Å². The van der Waals surface area contributed by atoms with Gasteiger partial charge in [0.25, 0.3) is 0 Å². The Morgan fingerprint density at radius 1 is 0.967 bits per heavy atom. The van der Waals surface area contributed by atoms with E-state index in [9.17, 15) is 16.8 Å². The normalized spacial score (nSPS) is 16.1. The summed E-state index contributed by atoms with van der Waals surface area (Å²) in [5.41, 5.74) is 0.399. The van der Waals surface area contributed by atoms with Crippen LogP contribution in [-0.2, 0) is 19.9 Å². The molecule has 1 saturated heterocycles. The Kier molecular flexibility index (Phi) is 6.77. The Labute approximate surface area is 177 Å². The number of ether oxygens (including phenoxy) is 1. The summed E-state index contributed by atoms with van der Waals surface area (Å²) >= 11 is 0. The number of hydrogen-bond acceptors (Lipinski definition) is 7. The molecule has 1 aliphatic rings. The first-order chi connectivity index (χ1) is 14.3. The average molecular weight is 450 g/mol. The van der Waals surface area contributed by atoms with Crippen molar-refractivity contribution < 1.29 is 21.6 Å². The molecule has 1 fully saturated rings. The lowest BCUT2D eigenvalue weighted by molar-refractivity contribution is 0.197. The van der Waals surface area contributed by atoms with Crippen molar-refractivity contribution in [2.45, 2.75) is 9.79 Å². The molecule has 160 valence electrons. The van der Waals surface area contributed by atoms with Crippen LogP contribution in [0.3, 0.4) is 0 Å². The van der Waals surface area contributed by atoms with Crippen LogP contribution in [0.1, 0.15) is 5.56 Å². The minimum atomic E-state index is -3.64. The van der Waals surface area contributed by atoms with Gasteiger partial charge in [0.05, 0.1) is 34.3 Å². The molecule has 30 heavy (non-hydrogen) atoms. The molecule has 10 heteroatoms. The number of rotatable bonds is 7. The number of piperazine rings is 1. The molecule has 1 heterocycles. The van der Waals surface area contributed by atoms with Crippen molar-refractivity contribution in [1.29, 1.82) is 5.26 Å². The number of sulfone groups is 1. The fourth-order valence-electron chi connectivity index (χ4n) is 3.21. The van der Waals surface area contributed by atoms with E-state index in [0.717, 1.165) is 0 Å². The zero-order valence-corrected chi connectivity index (χ0v) is 18.2. The van der Waals surface area contributed by atoms with Gasteiger partial charge in [-0.05, 0) is 42.5 Å². The standard InChI is InChI=1S/C20H23N3O5S2/c1-28-18-3-2-4-20(15-18)29(24,25)14-13-22-9-11-23(12-10-22)30(26,27)19-7-5-17(16-21)6-8-19/h2-8,15H,9-14H2,1H3. The smallest absolute Gasteiger partial charge is 0.243 e. The van der Waals surface area contributed by atoms with Gasteiger partial charge in [-0.1, -0.05) is 6.07 Å². The molecule has 0 atom stereocenters. The summed E-state index contributed by atoms with van der Waals surface area (Å²) in [5, 5.41) is 8.85. The van der Waals surface area contributed by atoms with E-state index in [1.807, 2.05) is 11.0 Å². The minimum absolute atomic E-state index is 0.0530. The second-order valence-corrected chi connectivity index (χ2v) is 10.9. The minimum Gasteiger partial charge on any atom is -0.497 e. The van der Waals surface area contributed by atoms with E-state index in [4.69, 9.17) is 10.00 Å². The molecule has 0 spiro atoms. The van der Waals surface area contributed by atoms with E-state index >= 15 is 0 Å². The zero-order valence-electron chi connectivity index (χ0n) is 16.6. The first kappa shape index (κ1) is 22.2. The summed E-state index contributed by atoms with van der Waals surface area (Å²) in [4.78, 5) is 2.31. The largest absolute Gasteiger partial charge is 0.497 e. The molecular formula is C20H23N3O5S2. The maximum atomic E-state index is 12.8. The van der Waals surface area contributed by atoms with Crippen LogP contribution in [0, 0.1) is 11.3 Å². The van der Waals surface area contributed by atoms with Gasteiger partial charge in [-0.25, -0.2) is 16.8 Å². The second-order valence-electron chi connectivity index (χ2n) is 6.88. The predicted molar refractivity (Wildman–Crippen MR) is 111 cm³/mol. The molecule has 0 unspecified atom stereocenters. The molecule has 0 N–H and O–H groups in total. The molecule has 2 aromatic carbocycles. The fraction of sp³-hybridized carbons (Fsp3) is 0.350. The maximum absolute atomic E-state index is 12.8. The van der Waals surface area contributed by atoms with Gasteiger partial charge >= 0.3 is 0 Å². The molecule has 3 rings (SSSR count). The summed E-state index contributed by atoms with van der Waals surface area (Å²) in [7, 11) is -5.62. The summed E-state index contributed by atoms with van der Waals surface area (Å²) in [6.45, 7) is 1.78. The highest BCUT2D eigenvalue weighted by molar-refractivity contribution is 7.91. The molecule has 0 radical (unpaired) electrons. The average Bonchev–Trinajstić information content (AvgIpc) is 2.78. The molecule has 0 aromatic heterocycles. The molecule has 8 nitrogen and oxygen atoms in total. The quantitative estimate of drug-likeness (QED) is 0.628. The van der Waals surface area contributed by atoms with Crippen LogP contribution in [0.5, 0.6) is 5.75 Å². The SMILES string of the molecule is COc1cccc(S(=O)(=O)CCN2CCN(S(=O)(=O)c3ccc(C#N)cc3)CC2)c1. The topological polar surface area (TPSA) is 108 Å². The van der Waals surface area contributed by atoms with Crippen LogP contribution in [0.4, 0.5) is 0 Å². The molecule has 1 aliphatic heterocycles. The van der Waals surface area contributed by atoms with Crippen molar-refractivity contribution in [2.24, 2.45) is 0 Å². The van der Waals surface area contributed by atoms with Crippen molar-refractivity contribution in [3.8, 4) is 11.8 Å². The van der Waals surface area contributed by atoms with E-state index in [2.05, 4.69) is 0 Å². The van der Waals surface area contributed by atoms with Gasteiger partial charge in [-0.2, -0.15) is 9.57 Å². The van der Waals surface area contributed by atoms with Gasteiger partial charge < -0.3 is 4.74 Å². The Morgan fingerprint density at radius 2 is 1.63 bits per heavy atom. The van der Waals surface area contributed by atoms with E-state index in [1.54, 1.807) is 18.2 Å². The molecule has 0 bridgehead atoms. The lowest BCUT2D eigenvalue weighted by Gasteiger charge is -2.33. The van der Waals surface area contributed by atoms with Crippen LogP contribution in [0.15, 0.2) is 58.3 Å². The molecule has 2 aromatic rings. The van der Waals surface area contributed by atoms with Crippen molar-refractivity contribution in [3.63, 3.8) is 0 Å². The fourth-order valence-corrected chi connectivity index (χ4v) is 5.94. The third kappa shape index (κ3) is 4.99. The van der Waals surface area contributed by atoms with Gasteiger partial charge in [0.2, 0.25) is 10.0 Å². The van der Waals surface area contributed by atoms with Crippen molar-refractivity contribution in [3.05, 3.63) is 54.1 Å². The van der Waals surface area contributed by atoms with Crippen LogP contribution < -0.4 is 4.74 Å². The van der Waals surface area contributed by atoms with Crippen molar-refractivity contribution >= 4 is 19.9 Å². The first-order valence-electron chi connectivity index (χ1n) is 9.36. The van der Waals surface area contributed by atoms with Crippen LogP contribution in [0.25, 0.3) is 0 Å². The summed E-state index contributed by atoms with van der Waals surface area (Å²) in [6.07, 6.45) is 0. The predicted octanol–water partition coefficient (Wildman–Crippen LogP) is 1.35. The highest BCUT2D eigenvalue weighted by atomic mass is 32.2. The monoisotopic (exact) mass is 449 g/mol. The van der Waals surface area contributed by atoms with Crippen molar-refractivity contribution in [2.75, 3.05) is 45.6 Å². The first-order valence-corrected chi connectivity index (χ1v) is 12.4.